The Labute approximate surface area is 95.1 Å². The first-order chi connectivity index (χ1) is 8.16. The highest BCUT2D eigenvalue weighted by Gasteiger charge is 2.04. The van der Waals surface area contributed by atoms with E-state index in [0.29, 0.717) is 10.9 Å². The van der Waals surface area contributed by atoms with Gasteiger partial charge in [0.15, 0.2) is 0 Å². The Morgan fingerprint density at radius 3 is 2.65 bits per heavy atom. The van der Waals surface area contributed by atoms with Crippen LogP contribution in [0, 0.1) is 5.82 Å². The second kappa shape index (κ2) is 4.65. The van der Waals surface area contributed by atoms with Crippen molar-refractivity contribution >= 4 is 0 Å². The molecule has 88 valence electrons. The molecule has 0 saturated carbocycles. The number of aromatic nitrogens is 2. The largest absolute Gasteiger partial charge is 0.405 e. The van der Waals surface area contributed by atoms with Crippen molar-refractivity contribution in [3.8, 4) is 0 Å². The highest BCUT2D eigenvalue weighted by atomic mass is 19.1. The second-order valence-corrected chi connectivity index (χ2v) is 3.32. The van der Waals surface area contributed by atoms with Crippen LogP contribution in [0.5, 0.6) is 0 Å². The van der Waals surface area contributed by atoms with Gasteiger partial charge >= 0.3 is 5.69 Å². The first-order valence-electron chi connectivity index (χ1n) is 4.85. The van der Waals surface area contributed by atoms with Crippen LogP contribution in [-0.4, -0.2) is 9.71 Å². The van der Waals surface area contributed by atoms with Crippen LogP contribution in [-0.2, 0) is 6.61 Å². The summed E-state index contributed by atoms with van der Waals surface area (Å²) in [7, 11) is 0. The number of rotatable bonds is 3. The molecule has 5 nitrogen and oxygen atoms in total. The highest BCUT2D eigenvalue weighted by Crippen LogP contribution is 1.97. The molecular weight excluding hydrogens is 227 g/mol. The first kappa shape index (κ1) is 11.1. The molecule has 1 aromatic carbocycles. The Hall–Kier alpha value is -2.37. The minimum atomic E-state index is -1.07. The van der Waals surface area contributed by atoms with E-state index in [0.717, 1.165) is 5.56 Å². The lowest BCUT2D eigenvalue weighted by Crippen LogP contribution is -2.34. The smallest absolute Gasteiger partial charge is 0.361 e. The van der Waals surface area contributed by atoms with Crippen molar-refractivity contribution in [2.24, 2.45) is 0 Å². The molecule has 0 unspecified atom stereocenters. The highest BCUT2D eigenvalue weighted by molar-refractivity contribution is 5.13. The minimum Gasteiger partial charge on any atom is -0.405 e. The van der Waals surface area contributed by atoms with E-state index in [9.17, 15) is 14.0 Å². The number of aromatic amines is 1. The summed E-state index contributed by atoms with van der Waals surface area (Å²) in [6, 6.07) is 9.07. The average Bonchev–Trinajstić information content (AvgIpc) is 2.33. The lowest BCUT2D eigenvalue weighted by molar-refractivity contribution is 0.0829. The topological polar surface area (TPSA) is 64.1 Å². The summed E-state index contributed by atoms with van der Waals surface area (Å²) in [5.74, 6) is -1.07. The third-order valence-corrected chi connectivity index (χ3v) is 2.08. The number of halogens is 1. The maximum absolute atomic E-state index is 12.9. The molecule has 1 N–H and O–H groups in total. The molecule has 0 radical (unpaired) electrons. The third-order valence-electron chi connectivity index (χ3n) is 2.08. The van der Waals surface area contributed by atoms with Crippen molar-refractivity contribution < 1.29 is 9.23 Å². The van der Waals surface area contributed by atoms with E-state index in [1.807, 2.05) is 18.2 Å². The van der Waals surface area contributed by atoms with Gasteiger partial charge in [-0.2, -0.15) is 4.39 Å². The fraction of sp³-hybridized carbons (Fsp3) is 0.0909. The van der Waals surface area contributed by atoms with Crippen LogP contribution in [0.4, 0.5) is 4.39 Å². The summed E-state index contributed by atoms with van der Waals surface area (Å²) in [4.78, 5) is 28.8. The molecule has 0 aliphatic heterocycles. The zero-order valence-corrected chi connectivity index (χ0v) is 8.72. The predicted octanol–water partition coefficient (Wildman–Crippen LogP) is 0.304. The molecule has 0 aliphatic carbocycles. The molecule has 6 heteroatoms. The van der Waals surface area contributed by atoms with Gasteiger partial charge in [-0.05, 0) is 5.56 Å². The number of benzene rings is 1. The van der Waals surface area contributed by atoms with Gasteiger partial charge in [-0.15, -0.1) is 4.73 Å². The van der Waals surface area contributed by atoms with E-state index in [1.165, 1.54) is 0 Å². The molecule has 0 fully saturated rings. The van der Waals surface area contributed by atoms with Crippen LogP contribution in [0.25, 0.3) is 0 Å². The minimum absolute atomic E-state index is 0.103. The molecule has 2 aromatic rings. The summed E-state index contributed by atoms with van der Waals surface area (Å²) in [6.45, 7) is 0.103. The fourth-order valence-corrected chi connectivity index (χ4v) is 1.25. The molecule has 0 atom stereocenters. The maximum atomic E-state index is 12.9. The zero-order valence-electron chi connectivity index (χ0n) is 8.72. The Balaban J connectivity index is 2.18. The summed E-state index contributed by atoms with van der Waals surface area (Å²) in [5.41, 5.74) is -1.05. The number of nitrogens with one attached hydrogen (secondary N) is 1. The van der Waals surface area contributed by atoms with Crippen molar-refractivity contribution in [3.63, 3.8) is 0 Å². The van der Waals surface area contributed by atoms with Crippen LogP contribution >= 0.6 is 0 Å². The van der Waals surface area contributed by atoms with E-state index in [4.69, 9.17) is 4.84 Å². The van der Waals surface area contributed by atoms with Gasteiger partial charge < -0.3 is 4.84 Å². The lowest BCUT2D eigenvalue weighted by atomic mass is 10.2. The SMILES string of the molecule is O=c1[nH]c(=O)n(OCc2ccccc2)cc1F. The van der Waals surface area contributed by atoms with Gasteiger partial charge in [-0.1, -0.05) is 30.3 Å². The van der Waals surface area contributed by atoms with Crippen LogP contribution < -0.4 is 16.1 Å². The van der Waals surface area contributed by atoms with Crippen molar-refractivity contribution in [3.05, 3.63) is 68.7 Å². The van der Waals surface area contributed by atoms with Gasteiger partial charge in [0.25, 0.3) is 5.56 Å². The van der Waals surface area contributed by atoms with Gasteiger partial charge in [0.05, 0.1) is 6.20 Å². The van der Waals surface area contributed by atoms with Crippen LogP contribution in [0.2, 0.25) is 0 Å². The summed E-state index contributed by atoms with van der Waals surface area (Å²) >= 11 is 0. The van der Waals surface area contributed by atoms with Crippen molar-refractivity contribution in [2.45, 2.75) is 6.61 Å². The van der Waals surface area contributed by atoms with Gasteiger partial charge in [0.1, 0.15) is 6.61 Å². The molecule has 2 rings (SSSR count). The number of H-pyrrole nitrogens is 1. The quantitative estimate of drug-likeness (QED) is 0.833. The van der Waals surface area contributed by atoms with E-state index < -0.39 is 17.1 Å². The van der Waals surface area contributed by atoms with Gasteiger partial charge in [-0.3, -0.25) is 9.78 Å². The van der Waals surface area contributed by atoms with Crippen LogP contribution in [0.3, 0.4) is 0 Å². The number of nitrogens with zero attached hydrogens (tertiary/aromatic N) is 1. The van der Waals surface area contributed by atoms with Gasteiger partial charge in [0.2, 0.25) is 5.82 Å². The Morgan fingerprint density at radius 2 is 1.94 bits per heavy atom. The molecule has 0 bridgehead atoms. The molecule has 1 heterocycles. The predicted molar refractivity (Wildman–Crippen MR) is 58.0 cm³/mol. The lowest BCUT2D eigenvalue weighted by Gasteiger charge is -2.07. The van der Waals surface area contributed by atoms with Crippen molar-refractivity contribution in [1.82, 2.24) is 9.71 Å². The Morgan fingerprint density at radius 1 is 1.24 bits per heavy atom. The molecule has 1 aromatic heterocycles. The van der Waals surface area contributed by atoms with Crippen LogP contribution in [0.1, 0.15) is 5.56 Å². The zero-order chi connectivity index (χ0) is 12.3. The number of hydrogen-bond donors (Lipinski definition) is 1. The van der Waals surface area contributed by atoms with Crippen molar-refractivity contribution in [2.75, 3.05) is 0 Å². The summed E-state index contributed by atoms with van der Waals surface area (Å²) < 4.78 is 13.6. The second-order valence-electron chi connectivity index (χ2n) is 3.32. The van der Waals surface area contributed by atoms with E-state index in [1.54, 1.807) is 17.1 Å². The third kappa shape index (κ3) is 2.60. The molecule has 17 heavy (non-hydrogen) atoms. The molecular formula is C11H9FN2O3. The normalized spacial score (nSPS) is 10.2. The molecule has 0 aliphatic rings. The average molecular weight is 236 g/mol. The molecule has 0 saturated heterocycles. The summed E-state index contributed by atoms with van der Waals surface area (Å²) in [6.07, 6.45) is 0.712. The van der Waals surface area contributed by atoms with Gasteiger partial charge in [0, 0.05) is 0 Å². The van der Waals surface area contributed by atoms with E-state index >= 15 is 0 Å². The Kier molecular flexibility index (Phi) is 3.04. The van der Waals surface area contributed by atoms with Gasteiger partial charge in [-0.25, -0.2) is 4.79 Å². The summed E-state index contributed by atoms with van der Waals surface area (Å²) in [5, 5.41) is 0. The van der Waals surface area contributed by atoms with E-state index in [-0.39, 0.29) is 6.61 Å². The number of hydrogen-bond acceptors (Lipinski definition) is 3. The fourth-order valence-electron chi connectivity index (χ4n) is 1.25. The molecule has 0 amide bonds. The first-order valence-corrected chi connectivity index (χ1v) is 4.85. The Bertz CT molecular complexity index is 619. The van der Waals surface area contributed by atoms with Crippen molar-refractivity contribution in [1.29, 1.82) is 0 Å². The van der Waals surface area contributed by atoms with Crippen LogP contribution in [0.15, 0.2) is 46.1 Å². The standard InChI is InChI=1S/C11H9FN2O3/c12-9-6-14(11(16)13-10(9)15)17-7-8-4-2-1-3-5-8/h1-6H,7H2,(H,13,15,16). The van der Waals surface area contributed by atoms with E-state index in [2.05, 4.69) is 0 Å². The molecule has 0 spiro atoms. The maximum Gasteiger partial charge on any atom is 0.361 e. The monoisotopic (exact) mass is 236 g/mol.